The van der Waals surface area contributed by atoms with Gasteiger partial charge in [-0.1, -0.05) is 12.1 Å². The number of hydrogen-bond donors (Lipinski definition) is 2. The number of nitrogens with two attached hydrogens (primary N) is 1. The number of ether oxygens (including phenoxy) is 1. The standard InChI is InChI=1S/C15H15F2NO2/c1-15(19,9-18)10-2-5-12(6-3-10)20-14-7-4-11(16)8-13(14)17/h2-8,19H,9,18H2,1H3. The number of benzene rings is 2. The SMILES string of the molecule is CC(O)(CN)c1ccc(Oc2ccc(F)cc2F)cc1. The van der Waals surface area contributed by atoms with Crippen molar-refractivity contribution in [3.8, 4) is 11.5 Å². The highest BCUT2D eigenvalue weighted by molar-refractivity contribution is 5.35. The van der Waals surface area contributed by atoms with Gasteiger partial charge >= 0.3 is 0 Å². The van der Waals surface area contributed by atoms with Crippen molar-refractivity contribution in [2.45, 2.75) is 12.5 Å². The van der Waals surface area contributed by atoms with Crippen LogP contribution in [0.5, 0.6) is 11.5 Å². The van der Waals surface area contributed by atoms with Gasteiger partial charge in [-0.15, -0.1) is 0 Å². The smallest absolute Gasteiger partial charge is 0.168 e. The van der Waals surface area contributed by atoms with E-state index in [-0.39, 0.29) is 12.3 Å². The maximum atomic E-state index is 13.4. The minimum Gasteiger partial charge on any atom is -0.454 e. The zero-order valence-electron chi connectivity index (χ0n) is 10.9. The van der Waals surface area contributed by atoms with Crippen molar-refractivity contribution in [1.29, 1.82) is 0 Å². The lowest BCUT2D eigenvalue weighted by Gasteiger charge is -2.21. The molecule has 0 aliphatic carbocycles. The topological polar surface area (TPSA) is 55.5 Å². The van der Waals surface area contributed by atoms with Crippen molar-refractivity contribution < 1.29 is 18.6 Å². The molecule has 0 saturated heterocycles. The van der Waals surface area contributed by atoms with Gasteiger partial charge in [-0.05, 0) is 36.8 Å². The van der Waals surface area contributed by atoms with E-state index in [1.54, 1.807) is 31.2 Å². The van der Waals surface area contributed by atoms with Crippen LogP contribution in [0.15, 0.2) is 42.5 Å². The predicted molar refractivity (Wildman–Crippen MR) is 71.5 cm³/mol. The molecular formula is C15H15F2NO2. The Balaban J connectivity index is 2.19. The minimum atomic E-state index is -1.13. The third kappa shape index (κ3) is 3.12. The third-order valence-electron chi connectivity index (χ3n) is 3.00. The van der Waals surface area contributed by atoms with E-state index in [0.29, 0.717) is 11.3 Å². The first-order valence-corrected chi connectivity index (χ1v) is 6.08. The van der Waals surface area contributed by atoms with Crippen molar-refractivity contribution in [2.75, 3.05) is 6.54 Å². The van der Waals surface area contributed by atoms with Crippen molar-refractivity contribution in [2.24, 2.45) is 5.73 Å². The number of halogens is 2. The summed E-state index contributed by atoms with van der Waals surface area (Å²) in [5, 5.41) is 9.98. The van der Waals surface area contributed by atoms with Gasteiger partial charge in [0, 0.05) is 12.6 Å². The molecule has 1 atom stereocenters. The Morgan fingerprint density at radius 3 is 2.35 bits per heavy atom. The van der Waals surface area contributed by atoms with E-state index in [1.165, 1.54) is 6.07 Å². The van der Waals surface area contributed by atoms with E-state index < -0.39 is 17.2 Å². The average Bonchev–Trinajstić information content (AvgIpc) is 2.42. The number of aliphatic hydroxyl groups is 1. The Morgan fingerprint density at radius 1 is 1.15 bits per heavy atom. The maximum Gasteiger partial charge on any atom is 0.168 e. The van der Waals surface area contributed by atoms with Gasteiger partial charge in [0.15, 0.2) is 11.6 Å². The summed E-state index contributed by atoms with van der Waals surface area (Å²) in [7, 11) is 0. The molecule has 0 saturated carbocycles. The second kappa shape index (κ2) is 5.56. The molecule has 3 nitrogen and oxygen atoms in total. The third-order valence-corrected chi connectivity index (χ3v) is 3.00. The summed E-state index contributed by atoms with van der Waals surface area (Å²) in [4.78, 5) is 0. The summed E-state index contributed by atoms with van der Waals surface area (Å²) in [5.74, 6) is -1.12. The molecule has 0 aliphatic rings. The van der Waals surface area contributed by atoms with E-state index in [1.807, 2.05) is 0 Å². The first-order chi connectivity index (χ1) is 9.42. The van der Waals surface area contributed by atoms with Crippen LogP contribution in [0, 0.1) is 11.6 Å². The fourth-order valence-electron chi connectivity index (χ4n) is 1.68. The molecule has 0 aromatic heterocycles. The quantitative estimate of drug-likeness (QED) is 0.904. The molecule has 0 spiro atoms. The first-order valence-electron chi connectivity index (χ1n) is 6.08. The second-order valence-electron chi connectivity index (χ2n) is 4.68. The molecule has 0 bridgehead atoms. The molecule has 2 aromatic carbocycles. The highest BCUT2D eigenvalue weighted by Gasteiger charge is 2.20. The van der Waals surface area contributed by atoms with Gasteiger partial charge in [-0.2, -0.15) is 0 Å². The van der Waals surface area contributed by atoms with Crippen LogP contribution in [0.1, 0.15) is 12.5 Å². The zero-order valence-corrected chi connectivity index (χ0v) is 10.9. The first kappa shape index (κ1) is 14.4. The van der Waals surface area contributed by atoms with Crippen LogP contribution in [-0.2, 0) is 5.60 Å². The average molecular weight is 279 g/mol. The van der Waals surface area contributed by atoms with Crippen molar-refractivity contribution >= 4 is 0 Å². The van der Waals surface area contributed by atoms with Crippen LogP contribution < -0.4 is 10.5 Å². The fourth-order valence-corrected chi connectivity index (χ4v) is 1.68. The van der Waals surface area contributed by atoms with Crippen LogP contribution in [0.2, 0.25) is 0 Å². The molecular weight excluding hydrogens is 264 g/mol. The molecule has 106 valence electrons. The molecule has 20 heavy (non-hydrogen) atoms. The van der Waals surface area contributed by atoms with Crippen molar-refractivity contribution in [1.82, 2.24) is 0 Å². The van der Waals surface area contributed by atoms with E-state index in [9.17, 15) is 13.9 Å². The summed E-state index contributed by atoms with van der Waals surface area (Å²) in [5.41, 5.74) is 4.97. The number of hydrogen-bond acceptors (Lipinski definition) is 3. The monoisotopic (exact) mass is 279 g/mol. The van der Waals surface area contributed by atoms with Gasteiger partial charge in [-0.25, -0.2) is 8.78 Å². The Morgan fingerprint density at radius 2 is 1.80 bits per heavy atom. The van der Waals surface area contributed by atoms with Crippen LogP contribution in [0.3, 0.4) is 0 Å². The molecule has 0 fully saturated rings. The Hall–Kier alpha value is -1.98. The molecule has 1 unspecified atom stereocenters. The van der Waals surface area contributed by atoms with Crippen LogP contribution >= 0.6 is 0 Å². The van der Waals surface area contributed by atoms with Crippen molar-refractivity contribution in [3.63, 3.8) is 0 Å². The van der Waals surface area contributed by atoms with Crippen molar-refractivity contribution in [3.05, 3.63) is 59.7 Å². The molecule has 3 N–H and O–H groups in total. The molecule has 0 heterocycles. The summed E-state index contributed by atoms with van der Waals surface area (Å²) in [6.07, 6.45) is 0. The lowest BCUT2D eigenvalue weighted by atomic mass is 9.96. The van der Waals surface area contributed by atoms with Gasteiger partial charge in [-0.3, -0.25) is 0 Å². The summed E-state index contributed by atoms with van der Waals surface area (Å²) in [6, 6.07) is 9.54. The maximum absolute atomic E-state index is 13.4. The lowest BCUT2D eigenvalue weighted by molar-refractivity contribution is 0.0668. The highest BCUT2D eigenvalue weighted by atomic mass is 19.1. The van der Waals surface area contributed by atoms with Crippen LogP contribution in [0.25, 0.3) is 0 Å². The lowest BCUT2D eigenvalue weighted by Crippen LogP contribution is -2.31. The van der Waals surface area contributed by atoms with Crippen LogP contribution in [-0.4, -0.2) is 11.7 Å². The summed E-state index contributed by atoms with van der Waals surface area (Å²) in [6.45, 7) is 1.68. The fraction of sp³-hybridized carbons (Fsp3) is 0.200. The second-order valence-corrected chi connectivity index (χ2v) is 4.68. The zero-order chi connectivity index (χ0) is 14.8. The van der Waals surface area contributed by atoms with E-state index in [4.69, 9.17) is 10.5 Å². The van der Waals surface area contributed by atoms with Gasteiger partial charge in [0.05, 0.1) is 5.60 Å². The normalized spacial score (nSPS) is 13.8. The van der Waals surface area contributed by atoms with E-state index in [2.05, 4.69) is 0 Å². The van der Waals surface area contributed by atoms with Gasteiger partial charge in [0.25, 0.3) is 0 Å². The summed E-state index contributed by atoms with van der Waals surface area (Å²) < 4.78 is 31.5. The molecule has 0 amide bonds. The molecule has 5 heteroatoms. The van der Waals surface area contributed by atoms with Gasteiger partial charge in [0.2, 0.25) is 0 Å². The largest absolute Gasteiger partial charge is 0.454 e. The van der Waals surface area contributed by atoms with E-state index in [0.717, 1.165) is 12.1 Å². The summed E-state index contributed by atoms with van der Waals surface area (Å²) >= 11 is 0. The Labute approximate surface area is 115 Å². The van der Waals surface area contributed by atoms with E-state index >= 15 is 0 Å². The molecule has 2 rings (SSSR count). The Kier molecular flexibility index (Phi) is 4.01. The highest BCUT2D eigenvalue weighted by Crippen LogP contribution is 2.27. The Bertz CT molecular complexity index is 597. The van der Waals surface area contributed by atoms with Gasteiger partial charge in [0.1, 0.15) is 11.6 Å². The predicted octanol–water partition coefficient (Wildman–Crippen LogP) is 2.92. The van der Waals surface area contributed by atoms with Gasteiger partial charge < -0.3 is 15.6 Å². The number of rotatable bonds is 4. The molecule has 2 aromatic rings. The molecule has 0 radical (unpaired) electrons. The van der Waals surface area contributed by atoms with Crippen LogP contribution in [0.4, 0.5) is 8.78 Å². The molecule has 0 aliphatic heterocycles. The minimum absolute atomic E-state index is 0.0651.